The average Bonchev–Trinajstić information content (AvgIpc) is 2.92. The van der Waals surface area contributed by atoms with Crippen molar-refractivity contribution in [2.75, 3.05) is 26.7 Å². The van der Waals surface area contributed by atoms with Crippen LogP contribution in [0.4, 0.5) is 0 Å². The van der Waals surface area contributed by atoms with Crippen LogP contribution in [0.15, 0.2) is 18.2 Å². The molecule has 0 amide bonds. The molecule has 2 saturated carbocycles. The van der Waals surface area contributed by atoms with Crippen molar-refractivity contribution in [3.63, 3.8) is 0 Å². The first-order valence-electron chi connectivity index (χ1n) is 17.9. The molecule has 256 valence electrons. The molecule has 5 rings (SSSR count). The summed E-state index contributed by atoms with van der Waals surface area (Å²) in [7, 11) is -1.23. The zero-order valence-electron chi connectivity index (χ0n) is 29.4. The Morgan fingerprint density at radius 2 is 1.76 bits per heavy atom. The van der Waals surface area contributed by atoms with E-state index in [1.165, 1.54) is 36.0 Å². The van der Waals surface area contributed by atoms with Gasteiger partial charge in [0.25, 0.3) is 0 Å². The average molecular weight is 646 g/mol. The van der Waals surface area contributed by atoms with Gasteiger partial charge in [0.2, 0.25) is 10.0 Å². The summed E-state index contributed by atoms with van der Waals surface area (Å²) in [5.41, 5.74) is 4.03. The molecule has 2 heterocycles. The second-order valence-electron chi connectivity index (χ2n) is 16.6. The molecule has 2 aliphatic carbocycles. The molecule has 6 atom stereocenters. The maximum Gasteiger partial charge on any atom is 0.216 e. The normalized spacial score (nSPS) is 34.9. The van der Waals surface area contributed by atoms with Crippen LogP contribution in [0.25, 0.3) is 0 Å². The minimum atomic E-state index is -3.53. The largest absolute Gasteiger partial charge is 0.362 e. The van der Waals surface area contributed by atoms with Crippen LogP contribution < -0.4 is 15.4 Å². The number of sulfonamides is 1. The van der Waals surface area contributed by atoms with E-state index in [1.54, 1.807) is 0 Å². The van der Waals surface area contributed by atoms with Gasteiger partial charge in [-0.25, -0.2) is 8.42 Å². The van der Waals surface area contributed by atoms with E-state index in [4.69, 9.17) is 4.74 Å². The van der Waals surface area contributed by atoms with Crippen LogP contribution in [-0.2, 0) is 14.8 Å². The Kier molecular flexibility index (Phi) is 11.4. The fourth-order valence-corrected chi connectivity index (χ4v) is 10.0. The van der Waals surface area contributed by atoms with E-state index in [-0.39, 0.29) is 17.5 Å². The monoisotopic (exact) mass is 645 g/mol. The number of hydrogen-bond acceptors (Lipinski definition) is 7. The predicted octanol–water partition coefficient (Wildman–Crippen LogP) is 5.66. The first-order chi connectivity index (χ1) is 21.2. The summed E-state index contributed by atoms with van der Waals surface area (Å²) in [4.78, 5) is 5.36. The standard InChI is InChI=1S/C36H63N5O3S/c1-24(2)17-30-23-44-33-21-32(34-25(3)11-9-12-26(34)4)37-35(38-33)39-45(42,43)31-14-10-13-27(18-31)22-41(30)29-19-28(20-29)40(8)16-15-36(5,6)7/h9,11-12,24,27-33,35,37-39H,10,13-23H2,1-8H3/t27?,28?,29?,30-,31?,32?,33?,35?/m1/s1. The highest BCUT2D eigenvalue weighted by Crippen LogP contribution is 2.37. The zero-order chi connectivity index (χ0) is 32.5. The van der Waals surface area contributed by atoms with E-state index < -0.39 is 16.3 Å². The molecule has 3 N–H and O–H groups in total. The summed E-state index contributed by atoms with van der Waals surface area (Å²) in [6.07, 6.45) is 8.13. The minimum Gasteiger partial charge on any atom is -0.362 e. The van der Waals surface area contributed by atoms with Gasteiger partial charge in [-0.05, 0) is 106 Å². The number of nitrogens with zero attached hydrogens (tertiary/aromatic N) is 2. The fraction of sp³-hybridized carbons (Fsp3) is 0.833. The predicted molar refractivity (Wildman–Crippen MR) is 184 cm³/mol. The second-order valence-corrected chi connectivity index (χ2v) is 18.5. The first-order valence-corrected chi connectivity index (χ1v) is 19.4. The summed E-state index contributed by atoms with van der Waals surface area (Å²) < 4.78 is 37.6. The molecule has 4 fully saturated rings. The summed E-state index contributed by atoms with van der Waals surface area (Å²) in [6.45, 7) is 18.7. The third kappa shape index (κ3) is 9.09. The van der Waals surface area contributed by atoms with E-state index in [1.807, 2.05) is 0 Å². The number of rotatable bonds is 7. The molecular weight excluding hydrogens is 582 g/mol. The zero-order valence-corrected chi connectivity index (χ0v) is 30.3. The molecule has 4 bridgehead atoms. The lowest BCUT2D eigenvalue weighted by Gasteiger charge is -2.51. The Bertz CT molecular complexity index is 1210. The second kappa shape index (κ2) is 14.6. The Morgan fingerprint density at radius 1 is 1.04 bits per heavy atom. The van der Waals surface area contributed by atoms with Crippen LogP contribution in [0.2, 0.25) is 0 Å². The Morgan fingerprint density at radius 3 is 2.42 bits per heavy atom. The van der Waals surface area contributed by atoms with Crippen LogP contribution >= 0.6 is 0 Å². The highest BCUT2D eigenvalue weighted by atomic mass is 32.2. The van der Waals surface area contributed by atoms with Crippen molar-refractivity contribution in [3.8, 4) is 0 Å². The van der Waals surface area contributed by atoms with Crippen LogP contribution in [0.3, 0.4) is 0 Å². The summed E-state index contributed by atoms with van der Waals surface area (Å²) in [6, 6.07) is 7.84. The Hall–Kier alpha value is -1.07. The summed E-state index contributed by atoms with van der Waals surface area (Å²) in [5, 5.41) is 6.75. The van der Waals surface area contributed by atoms with E-state index in [0.717, 1.165) is 51.6 Å². The molecule has 8 nitrogen and oxygen atoms in total. The lowest BCUT2D eigenvalue weighted by atomic mass is 9.80. The molecule has 2 saturated heterocycles. The van der Waals surface area contributed by atoms with Gasteiger partial charge in [-0.15, -0.1) is 0 Å². The van der Waals surface area contributed by atoms with Crippen molar-refractivity contribution in [3.05, 3.63) is 34.9 Å². The Balaban J connectivity index is 1.40. The van der Waals surface area contributed by atoms with Crippen LogP contribution in [0.5, 0.6) is 0 Å². The number of aryl methyl sites for hydroxylation is 2. The van der Waals surface area contributed by atoms with Gasteiger partial charge in [0, 0.05) is 37.1 Å². The van der Waals surface area contributed by atoms with Crippen LogP contribution in [0, 0.1) is 31.1 Å². The minimum absolute atomic E-state index is 0.00920. The smallest absolute Gasteiger partial charge is 0.216 e. The quantitative estimate of drug-likeness (QED) is 0.353. The molecule has 0 spiro atoms. The van der Waals surface area contributed by atoms with E-state index in [2.05, 4.69) is 98.9 Å². The molecule has 0 radical (unpaired) electrons. The van der Waals surface area contributed by atoms with Gasteiger partial charge in [0.05, 0.1) is 11.9 Å². The number of fused-ring (bicyclic) bond motifs is 4. The molecule has 5 unspecified atom stereocenters. The lowest BCUT2D eigenvalue weighted by Crippen LogP contribution is -2.64. The first kappa shape index (κ1) is 35.2. The molecular formula is C36H63N5O3S. The molecule has 45 heavy (non-hydrogen) atoms. The SMILES string of the molecule is Cc1cccc(C)c1C1CC2NC(N1)NS(=O)(=O)C1CCCC(C1)CN(C1CC(N(C)CCC(C)(C)C)C1)[C@H](CC(C)C)CO2. The lowest BCUT2D eigenvalue weighted by molar-refractivity contribution is -0.0702. The van der Waals surface area contributed by atoms with E-state index in [9.17, 15) is 8.42 Å². The van der Waals surface area contributed by atoms with Crippen molar-refractivity contribution in [2.45, 2.75) is 148 Å². The fourth-order valence-electron chi connectivity index (χ4n) is 8.35. The molecule has 0 aromatic heterocycles. The summed E-state index contributed by atoms with van der Waals surface area (Å²) in [5.74, 6) is 0.940. The van der Waals surface area contributed by atoms with Crippen molar-refractivity contribution in [1.82, 2.24) is 25.2 Å². The highest BCUT2D eigenvalue weighted by Gasteiger charge is 2.43. The van der Waals surface area contributed by atoms with Gasteiger partial charge in [0.15, 0.2) is 0 Å². The third-order valence-corrected chi connectivity index (χ3v) is 13.0. The van der Waals surface area contributed by atoms with Crippen LogP contribution in [0.1, 0.15) is 115 Å². The molecule has 1 aromatic carbocycles. The number of hydrogen-bond donors (Lipinski definition) is 3. The van der Waals surface area contributed by atoms with Crippen LogP contribution in [-0.4, -0.2) is 80.9 Å². The maximum atomic E-state index is 13.9. The van der Waals surface area contributed by atoms with Crippen molar-refractivity contribution in [1.29, 1.82) is 0 Å². The van der Waals surface area contributed by atoms with Crippen molar-refractivity contribution < 1.29 is 13.2 Å². The van der Waals surface area contributed by atoms with Gasteiger partial charge in [0.1, 0.15) is 12.5 Å². The van der Waals surface area contributed by atoms with Gasteiger partial charge in [-0.2, -0.15) is 4.72 Å². The third-order valence-electron chi connectivity index (χ3n) is 11.1. The van der Waals surface area contributed by atoms with Gasteiger partial charge in [-0.1, -0.05) is 59.2 Å². The highest BCUT2D eigenvalue weighted by molar-refractivity contribution is 7.90. The van der Waals surface area contributed by atoms with Crippen molar-refractivity contribution >= 4 is 10.0 Å². The molecule has 2 aliphatic heterocycles. The molecule has 9 heteroatoms. The Labute approximate surface area is 274 Å². The maximum absolute atomic E-state index is 13.9. The van der Waals surface area contributed by atoms with Crippen molar-refractivity contribution in [2.24, 2.45) is 17.3 Å². The number of nitrogens with one attached hydrogen (secondary N) is 3. The molecule has 1 aromatic rings. The van der Waals surface area contributed by atoms with Gasteiger partial charge in [-0.3, -0.25) is 15.5 Å². The topological polar surface area (TPSA) is 85.9 Å². The molecule has 4 aliphatic rings. The van der Waals surface area contributed by atoms with Gasteiger partial charge < -0.3 is 9.64 Å². The number of ether oxygens (including phenoxy) is 1. The number of benzene rings is 1. The van der Waals surface area contributed by atoms with E-state index in [0.29, 0.717) is 42.0 Å². The van der Waals surface area contributed by atoms with Gasteiger partial charge >= 0.3 is 0 Å². The van der Waals surface area contributed by atoms with E-state index >= 15 is 0 Å². The summed E-state index contributed by atoms with van der Waals surface area (Å²) >= 11 is 0.